The van der Waals surface area contributed by atoms with Crippen LogP contribution in [0.25, 0.3) is 0 Å². The van der Waals surface area contributed by atoms with Crippen LogP contribution in [0.15, 0.2) is 4.99 Å². The Labute approximate surface area is 192 Å². The van der Waals surface area contributed by atoms with Crippen molar-refractivity contribution >= 4 is 40.0 Å². The van der Waals surface area contributed by atoms with Gasteiger partial charge in [0, 0.05) is 72.9 Å². The van der Waals surface area contributed by atoms with Crippen LogP contribution in [0.4, 0.5) is 0 Å². The normalized spacial score (nSPS) is 21.1. The number of hydrogen-bond donors (Lipinski definition) is 1. The summed E-state index contributed by atoms with van der Waals surface area (Å²) < 4.78 is 43.1. The number of halogens is 1. The number of methoxy groups -OCH3 is 1. The van der Waals surface area contributed by atoms with Crippen molar-refractivity contribution in [1.29, 1.82) is 0 Å². The fourth-order valence-corrected chi connectivity index (χ4v) is 4.75. The van der Waals surface area contributed by atoms with E-state index in [0.717, 1.165) is 18.8 Å². The molecule has 0 aliphatic carbocycles. The molecule has 172 valence electrons. The Morgan fingerprint density at radius 1 is 1.21 bits per heavy atom. The number of nitrogens with one attached hydrogen (secondary N) is 1. The molecule has 0 radical (unpaired) electrons. The van der Waals surface area contributed by atoms with Crippen LogP contribution in [-0.2, 0) is 24.2 Å². The minimum Gasteiger partial charge on any atom is -0.381 e. The predicted molar refractivity (Wildman–Crippen MR) is 125 cm³/mol. The summed E-state index contributed by atoms with van der Waals surface area (Å²) in [5, 5.41) is 3.41. The van der Waals surface area contributed by atoms with Crippen LogP contribution in [0.5, 0.6) is 0 Å². The van der Waals surface area contributed by atoms with Crippen LogP contribution in [-0.4, -0.2) is 108 Å². The predicted octanol–water partition coefficient (Wildman–Crippen LogP) is 0.748. The second-order valence-electron chi connectivity index (χ2n) is 7.52. The van der Waals surface area contributed by atoms with Gasteiger partial charge in [0.05, 0.1) is 24.1 Å². The fraction of sp³-hybridized carbons (Fsp3) is 0.944. The molecule has 9 nitrogen and oxygen atoms in total. The highest BCUT2D eigenvalue weighted by Crippen LogP contribution is 2.23. The van der Waals surface area contributed by atoms with Gasteiger partial charge in [-0.3, -0.25) is 4.99 Å². The summed E-state index contributed by atoms with van der Waals surface area (Å²) in [5.74, 6) is 0.805. The van der Waals surface area contributed by atoms with Crippen molar-refractivity contribution in [2.24, 2.45) is 4.99 Å². The van der Waals surface area contributed by atoms with Gasteiger partial charge in [0.2, 0.25) is 10.0 Å². The Morgan fingerprint density at radius 3 is 2.34 bits per heavy atom. The van der Waals surface area contributed by atoms with Gasteiger partial charge >= 0.3 is 0 Å². The summed E-state index contributed by atoms with van der Waals surface area (Å²) >= 11 is 0. The minimum atomic E-state index is -3.29. The first kappa shape index (κ1) is 26.8. The second kappa shape index (κ2) is 12.6. The summed E-state index contributed by atoms with van der Waals surface area (Å²) in [4.78, 5) is 6.47. The van der Waals surface area contributed by atoms with Crippen LogP contribution in [0.1, 0.15) is 26.7 Å². The van der Waals surface area contributed by atoms with Gasteiger partial charge in [0.25, 0.3) is 0 Å². The summed E-state index contributed by atoms with van der Waals surface area (Å²) in [6.45, 7) is 8.20. The van der Waals surface area contributed by atoms with E-state index in [9.17, 15) is 8.42 Å². The lowest BCUT2D eigenvalue weighted by Gasteiger charge is -2.39. The summed E-state index contributed by atoms with van der Waals surface area (Å²) in [6, 6.07) is 0. The third-order valence-corrected chi connectivity index (χ3v) is 7.18. The van der Waals surface area contributed by atoms with Crippen molar-refractivity contribution in [3.63, 3.8) is 0 Å². The first-order valence-electron chi connectivity index (χ1n) is 10.00. The van der Waals surface area contributed by atoms with E-state index in [2.05, 4.69) is 15.2 Å². The van der Waals surface area contributed by atoms with E-state index in [1.165, 1.54) is 0 Å². The topological polar surface area (TPSA) is 92.7 Å². The van der Waals surface area contributed by atoms with Crippen LogP contribution in [0.3, 0.4) is 0 Å². The highest BCUT2D eigenvalue weighted by Gasteiger charge is 2.34. The van der Waals surface area contributed by atoms with Gasteiger partial charge < -0.3 is 24.4 Å². The van der Waals surface area contributed by atoms with Crippen molar-refractivity contribution in [2.75, 3.05) is 72.5 Å². The Balaban J connectivity index is 0.00000420. The Bertz CT molecular complexity index is 603. The smallest absolute Gasteiger partial charge is 0.216 e. The maximum absolute atomic E-state index is 12.5. The summed E-state index contributed by atoms with van der Waals surface area (Å²) in [5.41, 5.74) is -0.240. The van der Waals surface area contributed by atoms with Crippen molar-refractivity contribution in [2.45, 2.75) is 38.4 Å². The number of ether oxygens (including phenoxy) is 3. The van der Waals surface area contributed by atoms with Gasteiger partial charge in [-0.1, -0.05) is 0 Å². The van der Waals surface area contributed by atoms with E-state index < -0.39 is 10.0 Å². The molecule has 0 aromatic heterocycles. The van der Waals surface area contributed by atoms with Crippen molar-refractivity contribution in [3.05, 3.63) is 0 Å². The summed E-state index contributed by atoms with van der Waals surface area (Å²) in [6.07, 6.45) is 1.73. The monoisotopic (exact) mass is 548 g/mol. The molecule has 2 rings (SSSR count). The molecule has 11 heteroatoms. The number of piperazine rings is 1. The molecule has 0 spiro atoms. The van der Waals surface area contributed by atoms with E-state index in [-0.39, 0.29) is 48.0 Å². The maximum Gasteiger partial charge on any atom is 0.216 e. The lowest BCUT2D eigenvalue weighted by Crippen LogP contribution is -2.56. The van der Waals surface area contributed by atoms with Crippen LogP contribution in [0.2, 0.25) is 0 Å². The molecule has 0 amide bonds. The maximum atomic E-state index is 12.5. The van der Waals surface area contributed by atoms with E-state index in [4.69, 9.17) is 14.2 Å². The Morgan fingerprint density at radius 2 is 1.83 bits per heavy atom. The number of guanidine groups is 1. The fourth-order valence-electron chi connectivity index (χ4n) is 3.47. The van der Waals surface area contributed by atoms with Crippen LogP contribution >= 0.6 is 24.0 Å². The lowest BCUT2D eigenvalue weighted by atomic mass is 9.94. The van der Waals surface area contributed by atoms with Gasteiger partial charge in [-0.2, -0.15) is 4.31 Å². The molecule has 29 heavy (non-hydrogen) atoms. The van der Waals surface area contributed by atoms with Crippen LogP contribution in [0, 0.1) is 0 Å². The van der Waals surface area contributed by atoms with Crippen molar-refractivity contribution < 1.29 is 22.6 Å². The van der Waals surface area contributed by atoms with Gasteiger partial charge in [-0.25, -0.2) is 8.42 Å². The number of hydrogen-bond acceptors (Lipinski definition) is 6. The zero-order chi connectivity index (χ0) is 20.6. The molecule has 0 bridgehead atoms. The van der Waals surface area contributed by atoms with Crippen LogP contribution < -0.4 is 5.32 Å². The average Bonchev–Trinajstić information content (AvgIpc) is 2.69. The summed E-state index contributed by atoms with van der Waals surface area (Å²) in [7, 11) is 0.196. The Kier molecular flexibility index (Phi) is 11.7. The quantitative estimate of drug-likeness (QED) is 0.272. The largest absolute Gasteiger partial charge is 0.381 e. The molecule has 2 aliphatic heterocycles. The number of aliphatic imine (C=N–C) groups is 1. The van der Waals surface area contributed by atoms with Gasteiger partial charge in [-0.05, 0) is 13.8 Å². The van der Waals surface area contributed by atoms with E-state index >= 15 is 0 Å². The molecule has 0 aromatic rings. The molecule has 0 saturated carbocycles. The zero-order valence-electron chi connectivity index (χ0n) is 18.1. The highest BCUT2D eigenvalue weighted by atomic mass is 127. The lowest BCUT2D eigenvalue weighted by molar-refractivity contribution is -0.0857. The molecular weight excluding hydrogens is 511 g/mol. The molecule has 2 saturated heterocycles. The van der Waals surface area contributed by atoms with Crippen molar-refractivity contribution in [1.82, 2.24) is 14.5 Å². The van der Waals surface area contributed by atoms with E-state index in [1.807, 2.05) is 13.8 Å². The molecule has 0 aromatic carbocycles. The SMILES string of the molecule is CN=C(NCC1(OC)CCOCC1)N1CCN(S(=O)(=O)CCOC(C)C)CC1.I. The third kappa shape index (κ3) is 8.09. The van der Waals surface area contributed by atoms with Gasteiger partial charge in [0.15, 0.2) is 5.96 Å². The van der Waals surface area contributed by atoms with E-state index in [0.29, 0.717) is 45.9 Å². The standard InChI is InChI=1S/C18H36N4O5S.HI/c1-16(2)27-13-14-28(23,24)22-9-7-21(8-10-22)17(19-3)20-15-18(25-4)5-11-26-12-6-18;/h16H,5-15H2,1-4H3,(H,19,20);1H. The zero-order valence-corrected chi connectivity index (χ0v) is 21.2. The Hall–Kier alpha value is -0.210. The average molecular weight is 548 g/mol. The number of rotatable bonds is 8. The molecule has 0 unspecified atom stereocenters. The first-order valence-corrected chi connectivity index (χ1v) is 11.6. The van der Waals surface area contributed by atoms with E-state index in [1.54, 1.807) is 18.5 Å². The second-order valence-corrected chi connectivity index (χ2v) is 9.61. The highest BCUT2D eigenvalue weighted by molar-refractivity contribution is 14.0. The molecule has 2 heterocycles. The van der Waals surface area contributed by atoms with Gasteiger partial charge in [0.1, 0.15) is 0 Å². The molecule has 1 N–H and O–H groups in total. The third-order valence-electron chi connectivity index (χ3n) is 5.34. The molecule has 0 atom stereocenters. The molecule has 2 fully saturated rings. The number of sulfonamides is 1. The minimum absolute atomic E-state index is 0. The number of nitrogens with zero attached hydrogens (tertiary/aromatic N) is 3. The molecule has 2 aliphatic rings. The molecular formula is C18H37IN4O5S. The first-order chi connectivity index (χ1) is 13.3. The van der Waals surface area contributed by atoms with Gasteiger partial charge in [-0.15, -0.1) is 24.0 Å². The van der Waals surface area contributed by atoms with Crippen molar-refractivity contribution in [3.8, 4) is 0 Å².